The highest BCUT2D eigenvalue weighted by Crippen LogP contribution is 2.16. The summed E-state index contributed by atoms with van der Waals surface area (Å²) in [7, 11) is 0. The molecule has 2 rings (SSSR count). The Hall–Kier alpha value is -3.55. The van der Waals surface area contributed by atoms with E-state index in [-0.39, 0.29) is 19.0 Å². The van der Waals surface area contributed by atoms with Crippen molar-refractivity contribution in [3.8, 4) is 5.75 Å². The number of hydrogen-bond donors (Lipinski definition) is 1. The van der Waals surface area contributed by atoms with Gasteiger partial charge in [0, 0.05) is 12.8 Å². The fraction of sp³-hybridized carbons (Fsp3) is 0.444. The van der Waals surface area contributed by atoms with Gasteiger partial charge in [0.25, 0.3) is 0 Å². The van der Waals surface area contributed by atoms with Gasteiger partial charge < -0.3 is 24.3 Å². The number of carbonyl (C=O) groups is 3. The molecule has 8 nitrogen and oxygen atoms in total. The topological polar surface area (TPSA) is 100 Å². The Balaban J connectivity index is 1.93. The minimum atomic E-state index is -0.922. The van der Waals surface area contributed by atoms with E-state index in [1.54, 1.807) is 39.8 Å². The van der Waals surface area contributed by atoms with Gasteiger partial charge in [-0.15, -0.1) is 0 Å². The molecule has 0 aliphatic carbocycles. The Labute approximate surface area is 206 Å². The van der Waals surface area contributed by atoms with Crippen LogP contribution in [0.4, 0.5) is 4.79 Å². The van der Waals surface area contributed by atoms with Crippen molar-refractivity contribution in [2.45, 2.75) is 65.2 Å². The minimum Gasteiger partial charge on any atom is -0.494 e. The maximum Gasteiger partial charge on any atom is 0.408 e. The highest BCUT2D eigenvalue weighted by molar-refractivity contribution is 5.82. The zero-order valence-corrected chi connectivity index (χ0v) is 20.9. The molecule has 0 aromatic heterocycles. The molecule has 1 amide bonds. The molecule has 0 bridgehead atoms. The summed E-state index contributed by atoms with van der Waals surface area (Å²) in [4.78, 5) is 36.5. The Kier molecular flexibility index (Phi) is 11.1. The van der Waals surface area contributed by atoms with Crippen LogP contribution in [0.5, 0.6) is 5.75 Å². The summed E-state index contributed by atoms with van der Waals surface area (Å²) in [6.45, 7) is 7.91. The van der Waals surface area contributed by atoms with Crippen molar-refractivity contribution < 1.29 is 33.3 Å². The van der Waals surface area contributed by atoms with E-state index in [4.69, 9.17) is 18.9 Å². The van der Waals surface area contributed by atoms with Gasteiger partial charge in [-0.3, -0.25) is 4.79 Å². The lowest BCUT2D eigenvalue weighted by molar-refractivity contribution is -0.157. The molecule has 0 saturated heterocycles. The van der Waals surface area contributed by atoms with Crippen LogP contribution in [0.15, 0.2) is 54.6 Å². The van der Waals surface area contributed by atoms with Crippen molar-refractivity contribution in [2.24, 2.45) is 0 Å². The summed E-state index contributed by atoms with van der Waals surface area (Å²) >= 11 is 0. The van der Waals surface area contributed by atoms with Gasteiger partial charge in [-0.05, 0) is 57.4 Å². The van der Waals surface area contributed by atoms with Gasteiger partial charge in [-0.2, -0.15) is 0 Å². The molecule has 0 unspecified atom stereocenters. The van der Waals surface area contributed by atoms with Crippen LogP contribution in [0.3, 0.4) is 0 Å². The smallest absolute Gasteiger partial charge is 0.408 e. The number of alkyl carbamates (subject to hydrolysis) is 1. The highest BCUT2D eigenvalue weighted by atomic mass is 16.6. The summed E-state index contributed by atoms with van der Waals surface area (Å²) in [5, 5.41) is 2.62. The third-order valence-electron chi connectivity index (χ3n) is 4.66. The summed E-state index contributed by atoms with van der Waals surface area (Å²) in [6, 6.07) is 15.5. The first-order valence-electron chi connectivity index (χ1n) is 11.7. The molecule has 0 fully saturated rings. The van der Waals surface area contributed by atoms with Crippen LogP contribution < -0.4 is 10.1 Å². The molecule has 8 heteroatoms. The Morgan fingerprint density at radius 2 is 1.60 bits per heavy atom. The second kappa shape index (κ2) is 14.0. The first-order chi connectivity index (χ1) is 16.7. The number of benzene rings is 2. The van der Waals surface area contributed by atoms with Gasteiger partial charge >= 0.3 is 18.0 Å². The van der Waals surface area contributed by atoms with Crippen LogP contribution in [0, 0.1) is 0 Å². The second-order valence-electron chi connectivity index (χ2n) is 8.90. The number of esters is 2. The predicted octanol–water partition coefficient (Wildman–Crippen LogP) is 4.59. The normalized spacial score (nSPS) is 11.8. The molecule has 35 heavy (non-hydrogen) atoms. The molecule has 0 aliphatic heterocycles. The molecule has 0 spiro atoms. The van der Waals surface area contributed by atoms with Crippen LogP contribution in [0.1, 0.15) is 51.7 Å². The van der Waals surface area contributed by atoms with Gasteiger partial charge in [0.15, 0.2) is 0 Å². The monoisotopic (exact) mass is 485 g/mol. The molecule has 0 saturated carbocycles. The molecular weight excluding hydrogens is 450 g/mol. The van der Waals surface area contributed by atoms with E-state index in [1.165, 1.54) is 0 Å². The van der Waals surface area contributed by atoms with Gasteiger partial charge in [-0.1, -0.05) is 42.5 Å². The fourth-order valence-electron chi connectivity index (χ4n) is 3.07. The van der Waals surface area contributed by atoms with E-state index in [9.17, 15) is 14.4 Å². The average Bonchev–Trinajstić information content (AvgIpc) is 2.81. The maximum absolute atomic E-state index is 12.8. The summed E-state index contributed by atoms with van der Waals surface area (Å²) in [6.07, 6.45) is 0.371. The van der Waals surface area contributed by atoms with E-state index in [2.05, 4.69) is 5.32 Å². The third-order valence-corrected chi connectivity index (χ3v) is 4.66. The molecular formula is C27H35NO7. The van der Waals surface area contributed by atoms with E-state index in [1.807, 2.05) is 42.5 Å². The van der Waals surface area contributed by atoms with Gasteiger partial charge in [0.05, 0.1) is 13.2 Å². The van der Waals surface area contributed by atoms with Crippen molar-refractivity contribution in [1.82, 2.24) is 5.32 Å². The lowest BCUT2D eigenvalue weighted by atomic mass is 10.1. The van der Waals surface area contributed by atoms with Gasteiger partial charge in [-0.25, -0.2) is 9.59 Å². The van der Waals surface area contributed by atoms with E-state index < -0.39 is 23.7 Å². The van der Waals surface area contributed by atoms with Crippen LogP contribution >= 0.6 is 0 Å². The molecule has 1 N–H and O–H groups in total. The maximum atomic E-state index is 12.8. The third kappa shape index (κ3) is 11.4. The van der Waals surface area contributed by atoms with Crippen molar-refractivity contribution >= 4 is 18.0 Å². The molecule has 190 valence electrons. The highest BCUT2D eigenvalue weighted by Gasteiger charge is 2.27. The predicted molar refractivity (Wildman–Crippen MR) is 131 cm³/mol. The summed E-state index contributed by atoms with van der Waals surface area (Å²) < 4.78 is 21.3. The Bertz CT molecular complexity index is 936. The molecule has 1 atom stereocenters. The number of hydrogen-bond acceptors (Lipinski definition) is 7. The van der Waals surface area contributed by atoms with Crippen molar-refractivity contribution in [3.63, 3.8) is 0 Å². The fourth-order valence-corrected chi connectivity index (χ4v) is 3.07. The second-order valence-corrected chi connectivity index (χ2v) is 8.90. The average molecular weight is 486 g/mol. The number of rotatable bonds is 12. The quantitative estimate of drug-likeness (QED) is 0.267. The standard InChI is InChI=1S/C27H35NO7/c1-5-32-24(29)12-9-17-33-22-15-13-20(14-16-22)18-23(25(30)35-27(2,3)4)28-26(31)34-19-21-10-7-6-8-11-21/h6-8,10-11,13-16,23H,5,9,12,17-19H2,1-4H3,(H,28,31)/t23-/m0/s1. The molecule has 0 radical (unpaired) electrons. The van der Waals surface area contributed by atoms with Crippen LogP contribution in [-0.2, 0) is 36.8 Å². The minimum absolute atomic E-state index is 0.0932. The largest absolute Gasteiger partial charge is 0.494 e. The lowest BCUT2D eigenvalue weighted by Crippen LogP contribution is -2.45. The van der Waals surface area contributed by atoms with Crippen molar-refractivity contribution in [2.75, 3.05) is 13.2 Å². The number of amides is 1. The van der Waals surface area contributed by atoms with Crippen molar-refractivity contribution in [3.05, 3.63) is 65.7 Å². The van der Waals surface area contributed by atoms with Crippen LogP contribution in [-0.4, -0.2) is 42.9 Å². The SMILES string of the molecule is CCOC(=O)CCCOc1ccc(C[C@H](NC(=O)OCc2ccccc2)C(=O)OC(C)(C)C)cc1. The number of ether oxygens (including phenoxy) is 4. The Morgan fingerprint density at radius 3 is 2.23 bits per heavy atom. The molecule has 2 aromatic carbocycles. The lowest BCUT2D eigenvalue weighted by Gasteiger charge is -2.24. The van der Waals surface area contributed by atoms with E-state index in [0.29, 0.717) is 31.8 Å². The molecule has 0 aliphatic rings. The zero-order chi connectivity index (χ0) is 25.7. The van der Waals surface area contributed by atoms with Gasteiger partial charge in [0.1, 0.15) is 24.0 Å². The van der Waals surface area contributed by atoms with Crippen LogP contribution in [0.25, 0.3) is 0 Å². The van der Waals surface area contributed by atoms with Crippen molar-refractivity contribution in [1.29, 1.82) is 0 Å². The van der Waals surface area contributed by atoms with Crippen LogP contribution in [0.2, 0.25) is 0 Å². The Morgan fingerprint density at radius 1 is 0.914 bits per heavy atom. The number of carbonyl (C=O) groups excluding carboxylic acids is 3. The number of nitrogens with one attached hydrogen (secondary N) is 1. The summed E-state index contributed by atoms with van der Waals surface area (Å²) in [5.41, 5.74) is 0.948. The van der Waals surface area contributed by atoms with Gasteiger partial charge in [0.2, 0.25) is 0 Å². The van der Waals surface area contributed by atoms with E-state index >= 15 is 0 Å². The van der Waals surface area contributed by atoms with E-state index in [0.717, 1.165) is 11.1 Å². The first-order valence-corrected chi connectivity index (χ1v) is 11.7. The molecule has 2 aromatic rings. The molecule has 0 heterocycles. The summed E-state index contributed by atoms with van der Waals surface area (Å²) in [5.74, 6) is -0.149. The first kappa shape index (κ1) is 27.7. The zero-order valence-electron chi connectivity index (χ0n) is 20.9.